The average Bonchev–Trinajstić information content (AvgIpc) is 3.10. The summed E-state index contributed by atoms with van der Waals surface area (Å²) in [6.45, 7) is 6.22. The van der Waals surface area contributed by atoms with E-state index in [1.54, 1.807) is 10.9 Å². The van der Waals surface area contributed by atoms with Gasteiger partial charge in [-0.25, -0.2) is 8.42 Å². The predicted molar refractivity (Wildman–Crippen MR) is 81.8 cm³/mol. The maximum Gasteiger partial charge on any atom is 0.246 e. The van der Waals surface area contributed by atoms with Crippen molar-refractivity contribution in [1.82, 2.24) is 14.1 Å². The largest absolute Gasteiger partial charge is 0.379 e. The summed E-state index contributed by atoms with van der Waals surface area (Å²) in [5, 5.41) is 4.22. The highest BCUT2D eigenvalue weighted by molar-refractivity contribution is 7.89. The second-order valence-corrected chi connectivity index (χ2v) is 8.83. The number of nitrogens with two attached hydrogens (primary N) is 1. The van der Waals surface area contributed by atoms with Crippen molar-refractivity contribution < 1.29 is 13.2 Å². The molecule has 3 heterocycles. The lowest BCUT2D eigenvalue weighted by atomic mass is 9.81. The molecular weight excluding hydrogens is 304 g/mol. The van der Waals surface area contributed by atoms with Gasteiger partial charge in [0.25, 0.3) is 0 Å². The molecule has 2 atom stereocenters. The van der Waals surface area contributed by atoms with E-state index in [9.17, 15) is 8.42 Å². The lowest BCUT2D eigenvalue weighted by Gasteiger charge is -2.41. The van der Waals surface area contributed by atoms with Gasteiger partial charge in [-0.1, -0.05) is 13.8 Å². The molecule has 2 fully saturated rings. The van der Waals surface area contributed by atoms with E-state index >= 15 is 0 Å². The zero-order valence-electron chi connectivity index (χ0n) is 13.1. The van der Waals surface area contributed by atoms with Crippen LogP contribution in [0.4, 0.5) is 0 Å². The fourth-order valence-corrected chi connectivity index (χ4v) is 4.63. The van der Waals surface area contributed by atoms with E-state index in [-0.39, 0.29) is 22.4 Å². The monoisotopic (exact) mass is 328 g/mol. The number of sulfonamides is 1. The molecule has 0 saturated carbocycles. The molecule has 1 aromatic heterocycles. The molecule has 0 bridgehead atoms. The molecule has 1 aromatic rings. The molecule has 0 aromatic carbocycles. The average molecular weight is 328 g/mol. The molecule has 22 heavy (non-hydrogen) atoms. The Bertz CT molecular complexity index is 634. The van der Waals surface area contributed by atoms with Gasteiger partial charge in [-0.15, -0.1) is 0 Å². The van der Waals surface area contributed by atoms with Gasteiger partial charge in [0.1, 0.15) is 4.90 Å². The van der Waals surface area contributed by atoms with Crippen molar-refractivity contribution in [1.29, 1.82) is 0 Å². The number of nitrogens with zero attached hydrogens (tertiary/aromatic N) is 3. The van der Waals surface area contributed by atoms with Gasteiger partial charge in [0.2, 0.25) is 10.0 Å². The predicted octanol–water partition coefficient (Wildman–Crippen LogP) is 0.592. The van der Waals surface area contributed by atoms with E-state index in [0.29, 0.717) is 32.7 Å². The Morgan fingerprint density at radius 2 is 2.18 bits per heavy atom. The van der Waals surface area contributed by atoms with E-state index in [1.165, 1.54) is 10.5 Å². The minimum Gasteiger partial charge on any atom is -0.379 e. The topological polar surface area (TPSA) is 90.5 Å². The van der Waals surface area contributed by atoms with Crippen molar-refractivity contribution in [3.63, 3.8) is 0 Å². The lowest BCUT2D eigenvalue weighted by molar-refractivity contribution is 0.155. The highest BCUT2D eigenvalue weighted by Gasteiger charge is 2.39. The van der Waals surface area contributed by atoms with Crippen molar-refractivity contribution in [2.24, 2.45) is 11.1 Å². The van der Waals surface area contributed by atoms with Gasteiger partial charge in [0.15, 0.2) is 0 Å². The van der Waals surface area contributed by atoms with E-state index in [1.807, 2.05) is 13.8 Å². The molecule has 2 N–H and O–H groups in total. The van der Waals surface area contributed by atoms with E-state index < -0.39 is 10.0 Å². The number of hydrogen-bond acceptors (Lipinski definition) is 5. The van der Waals surface area contributed by atoms with Gasteiger partial charge in [-0.05, 0) is 18.3 Å². The lowest BCUT2D eigenvalue weighted by Crippen LogP contribution is -2.53. The molecule has 2 aliphatic heterocycles. The third-order valence-corrected chi connectivity index (χ3v) is 6.57. The van der Waals surface area contributed by atoms with Crippen molar-refractivity contribution in [3.05, 3.63) is 12.4 Å². The first-order valence-corrected chi connectivity index (χ1v) is 9.12. The van der Waals surface area contributed by atoms with Crippen molar-refractivity contribution in [3.8, 4) is 0 Å². The van der Waals surface area contributed by atoms with Gasteiger partial charge in [0, 0.05) is 31.9 Å². The van der Waals surface area contributed by atoms with Crippen LogP contribution in [-0.4, -0.2) is 54.8 Å². The molecule has 7 nitrogen and oxygen atoms in total. The summed E-state index contributed by atoms with van der Waals surface area (Å²) >= 11 is 0. The first-order valence-electron chi connectivity index (χ1n) is 7.68. The Kier molecular flexibility index (Phi) is 4.05. The molecule has 3 rings (SSSR count). The number of ether oxygens (including phenoxy) is 1. The van der Waals surface area contributed by atoms with Gasteiger partial charge in [-0.3, -0.25) is 4.68 Å². The minimum atomic E-state index is -3.51. The Hall–Kier alpha value is -0.960. The zero-order valence-corrected chi connectivity index (χ0v) is 13.9. The summed E-state index contributed by atoms with van der Waals surface area (Å²) in [4.78, 5) is 0.255. The standard InChI is InChI=1S/C14H24N4O3S/c1-14(2)10-17(5-3-13(14)15)22(19,20)12-7-16-18(8-12)11-4-6-21-9-11/h7-8,11,13H,3-6,9-10,15H2,1-2H3. The van der Waals surface area contributed by atoms with Crippen LogP contribution in [0.3, 0.4) is 0 Å². The van der Waals surface area contributed by atoms with Crippen LogP contribution in [0.25, 0.3) is 0 Å². The fraction of sp³-hybridized carbons (Fsp3) is 0.786. The summed E-state index contributed by atoms with van der Waals surface area (Å²) in [5.74, 6) is 0. The number of aromatic nitrogens is 2. The Balaban J connectivity index is 1.81. The molecule has 2 saturated heterocycles. The van der Waals surface area contributed by atoms with Crippen molar-refractivity contribution in [2.75, 3.05) is 26.3 Å². The van der Waals surface area contributed by atoms with E-state index in [4.69, 9.17) is 10.5 Å². The van der Waals surface area contributed by atoms with E-state index in [2.05, 4.69) is 5.10 Å². The van der Waals surface area contributed by atoms with Crippen LogP contribution in [0.1, 0.15) is 32.7 Å². The Morgan fingerprint density at radius 3 is 2.82 bits per heavy atom. The first kappa shape index (κ1) is 15.9. The van der Waals surface area contributed by atoms with E-state index in [0.717, 1.165) is 6.42 Å². The molecule has 0 aliphatic carbocycles. The number of piperidine rings is 1. The van der Waals surface area contributed by atoms with Gasteiger partial charge in [0.05, 0.1) is 18.8 Å². The van der Waals surface area contributed by atoms with Gasteiger partial charge >= 0.3 is 0 Å². The summed E-state index contributed by atoms with van der Waals surface area (Å²) in [7, 11) is -3.51. The van der Waals surface area contributed by atoms with Crippen LogP contribution in [0.15, 0.2) is 17.3 Å². The highest BCUT2D eigenvalue weighted by atomic mass is 32.2. The fourth-order valence-electron chi connectivity index (χ4n) is 3.06. The normalized spacial score (nSPS) is 29.8. The summed E-state index contributed by atoms with van der Waals surface area (Å²) < 4.78 is 34.2. The summed E-state index contributed by atoms with van der Waals surface area (Å²) in [6, 6.07) is 0.160. The van der Waals surface area contributed by atoms with Crippen molar-refractivity contribution in [2.45, 2.75) is 43.7 Å². The van der Waals surface area contributed by atoms with Crippen LogP contribution in [0.5, 0.6) is 0 Å². The second kappa shape index (κ2) is 5.59. The van der Waals surface area contributed by atoms with Gasteiger partial charge in [-0.2, -0.15) is 9.40 Å². The van der Waals surface area contributed by atoms with Crippen LogP contribution in [-0.2, 0) is 14.8 Å². The quantitative estimate of drug-likeness (QED) is 0.877. The highest BCUT2D eigenvalue weighted by Crippen LogP contribution is 2.31. The number of rotatable bonds is 3. The SMILES string of the molecule is CC1(C)CN(S(=O)(=O)c2cnn(C3CCOC3)c2)CCC1N. The van der Waals surface area contributed by atoms with Crippen LogP contribution >= 0.6 is 0 Å². The van der Waals surface area contributed by atoms with Crippen LogP contribution < -0.4 is 5.73 Å². The molecular formula is C14H24N4O3S. The molecule has 2 unspecified atom stereocenters. The molecule has 8 heteroatoms. The molecule has 124 valence electrons. The number of hydrogen-bond donors (Lipinski definition) is 1. The third kappa shape index (κ3) is 2.80. The Morgan fingerprint density at radius 1 is 1.41 bits per heavy atom. The zero-order chi connectivity index (χ0) is 16.0. The minimum absolute atomic E-state index is 0.0253. The Labute approximate surface area is 131 Å². The molecule has 2 aliphatic rings. The van der Waals surface area contributed by atoms with Crippen LogP contribution in [0.2, 0.25) is 0 Å². The third-order valence-electron chi connectivity index (χ3n) is 4.77. The maximum absolute atomic E-state index is 12.8. The second-order valence-electron chi connectivity index (χ2n) is 6.90. The van der Waals surface area contributed by atoms with Gasteiger partial charge < -0.3 is 10.5 Å². The molecule has 0 amide bonds. The summed E-state index contributed by atoms with van der Waals surface area (Å²) in [5.41, 5.74) is 5.87. The first-order chi connectivity index (χ1) is 10.3. The molecule has 0 spiro atoms. The molecule has 0 radical (unpaired) electrons. The van der Waals surface area contributed by atoms with Crippen LogP contribution in [0, 0.1) is 5.41 Å². The summed E-state index contributed by atoms with van der Waals surface area (Å²) in [6.07, 6.45) is 4.61. The van der Waals surface area contributed by atoms with Crippen molar-refractivity contribution >= 4 is 10.0 Å². The maximum atomic E-state index is 12.8. The smallest absolute Gasteiger partial charge is 0.246 e.